The van der Waals surface area contributed by atoms with Crippen LogP contribution in [-0.2, 0) is 4.79 Å². The fourth-order valence-corrected chi connectivity index (χ4v) is 2.69. The largest absolute Gasteiger partial charge is 0.355 e. The molecule has 0 aromatic heterocycles. The molecule has 6 heteroatoms. The van der Waals surface area contributed by atoms with Crippen LogP contribution in [0.2, 0.25) is 0 Å². The van der Waals surface area contributed by atoms with E-state index in [1.54, 1.807) is 7.05 Å². The van der Waals surface area contributed by atoms with E-state index < -0.39 is 0 Å². The Bertz CT molecular complexity index is 394. The average Bonchev–Trinajstić information content (AvgIpc) is 2.46. The van der Waals surface area contributed by atoms with Crippen molar-refractivity contribution in [2.45, 2.75) is 59.0 Å². The molecule has 1 heterocycles. The fourth-order valence-electron chi connectivity index (χ4n) is 2.69. The lowest BCUT2D eigenvalue weighted by Crippen LogP contribution is -2.51. The average molecular weight is 326 g/mol. The molecule has 1 unspecified atom stereocenters. The summed E-state index contributed by atoms with van der Waals surface area (Å²) < 4.78 is 0. The van der Waals surface area contributed by atoms with Crippen LogP contribution in [0.3, 0.4) is 0 Å². The summed E-state index contributed by atoms with van der Waals surface area (Å²) in [6.07, 6.45) is 2.56. The lowest BCUT2D eigenvalue weighted by atomic mass is 9.98. The predicted molar refractivity (Wildman–Crippen MR) is 96.7 cm³/mol. The fraction of sp³-hybridized carbons (Fsp3) is 0.882. The molecule has 1 aliphatic rings. The molecule has 0 spiro atoms. The van der Waals surface area contributed by atoms with Gasteiger partial charge in [0.25, 0.3) is 0 Å². The van der Waals surface area contributed by atoms with Gasteiger partial charge in [0.15, 0.2) is 5.96 Å². The van der Waals surface area contributed by atoms with Gasteiger partial charge in [-0.2, -0.15) is 0 Å². The van der Waals surface area contributed by atoms with Crippen molar-refractivity contribution in [3.8, 4) is 0 Å². The number of likely N-dealkylation sites (tertiary alicyclic amines) is 1. The number of guanidine groups is 1. The summed E-state index contributed by atoms with van der Waals surface area (Å²) in [6, 6.07) is 0.462. The van der Waals surface area contributed by atoms with E-state index in [0.29, 0.717) is 12.0 Å². The number of hydrogen-bond acceptors (Lipinski definition) is 3. The van der Waals surface area contributed by atoms with E-state index >= 15 is 0 Å². The van der Waals surface area contributed by atoms with Crippen LogP contribution in [0.1, 0.15) is 47.5 Å². The Labute approximate surface area is 141 Å². The molecule has 0 bridgehead atoms. The standard InChI is InChI=1S/C17H35N5O/c1-13-7-9-22(10-8-13)14(2)11-19-16(18-6)20-12-15(23)21-17(3,4)5/h13-14H,7-12H2,1-6H3,(H,21,23)(H2,18,19,20). The van der Waals surface area contributed by atoms with Crippen molar-refractivity contribution in [1.82, 2.24) is 20.9 Å². The molecule has 1 amide bonds. The molecule has 0 aliphatic carbocycles. The Morgan fingerprint density at radius 1 is 1.26 bits per heavy atom. The van der Waals surface area contributed by atoms with Crippen LogP contribution < -0.4 is 16.0 Å². The maximum absolute atomic E-state index is 11.8. The van der Waals surface area contributed by atoms with Gasteiger partial charge in [-0.05, 0) is 59.5 Å². The quantitative estimate of drug-likeness (QED) is 0.525. The van der Waals surface area contributed by atoms with Crippen LogP contribution >= 0.6 is 0 Å². The van der Waals surface area contributed by atoms with Gasteiger partial charge >= 0.3 is 0 Å². The van der Waals surface area contributed by atoms with E-state index in [1.165, 1.54) is 25.9 Å². The minimum absolute atomic E-state index is 0.0292. The summed E-state index contributed by atoms with van der Waals surface area (Å²) >= 11 is 0. The van der Waals surface area contributed by atoms with Gasteiger partial charge in [-0.25, -0.2) is 0 Å². The zero-order valence-corrected chi connectivity index (χ0v) is 15.7. The van der Waals surface area contributed by atoms with Crippen LogP contribution in [0.25, 0.3) is 0 Å². The van der Waals surface area contributed by atoms with Gasteiger partial charge in [0, 0.05) is 25.2 Å². The Hall–Kier alpha value is -1.30. The highest BCUT2D eigenvalue weighted by Gasteiger charge is 2.20. The highest BCUT2D eigenvalue weighted by atomic mass is 16.2. The second-order valence-corrected chi connectivity index (χ2v) is 7.67. The zero-order chi connectivity index (χ0) is 17.5. The van der Waals surface area contributed by atoms with Crippen LogP contribution in [0, 0.1) is 5.92 Å². The number of hydrogen-bond donors (Lipinski definition) is 3. The Morgan fingerprint density at radius 2 is 1.87 bits per heavy atom. The topological polar surface area (TPSA) is 68.8 Å². The second kappa shape index (κ2) is 9.11. The molecule has 1 rings (SSSR count). The summed E-state index contributed by atoms with van der Waals surface area (Å²) in [7, 11) is 1.73. The Kier molecular flexibility index (Phi) is 7.82. The van der Waals surface area contributed by atoms with E-state index in [1.807, 2.05) is 20.8 Å². The maximum Gasteiger partial charge on any atom is 0.239 e. The first-order chi connectivity index (χ1) is 10.7. The number of rotatable bonds is 5. The van der Waals surface area contributed by atoms with E-state index in [9.17, 15) is 4.79 Å². The molecule has 23 heavy (non-hydrogen) atoms. The summed E-state index contributed by atoms with van der Waals surface area (Å²) in [5.41, 5.74) is -0.213. The Balaban J connectivity index is 2.29. The molecule has 3 N–H and O–H groups in total. The third-order valence-corrected chi connectivity index (χ3v) is 4.16. The molecular formula is C17H35N5O. The van der Waals surface area contributed by atoms with E-state index in [-0.39, 0.29) is 18.0 Å². The van der Waals surface area contributed by atoms with Crippen LogP contribution in [0.5, 0.6) is 0 Å². The molecule has 1 aliphatic heterocycles. The molecule has 0 saturated carbocycles. The first-order valence-corrected chi connectivity index (χ1v) is 8.71. The smallest absolute Gasteiger partial charge is 0.239 e. The first kappa shape index (κ1) is 19.7. The van der Waals surface area contributed by atoms with Crippen molar-refractivity contribution in [1.29, 1.82) is 0 Å². The van der Waals surface area contributed by atoms with E-state index in [4.69, 9.17) is 0 Å². The summed E-state index contributed by atoms with van der Waals surface area (Å²) in [5.74, 6) is 1.49. The van der Waals surface area contributed by atoms with E-state index in [0.717, 1.165) is 12.5 Å². The number of nitrogens with one attached hydrogen (secondary N) is 3. The summed E-state index contributed by atoms with van der Waals surface area (Å²) in [5, 5.41) is 9.31. The first-order valence-electron chi connectivity index (χ1n) is 8.71. The number of piperidine rings is 1. The monoisotopic (exact) mass is 325 g/mol. The molecule has 6 nitrogen and oxygen atoms in total. The van der Waals surface area contributed by atoms with Gasteiger partial charge in [0.1, 0.15) is 0 Å². The zero-order valence-electron chi connectivity index (χ0n) is 15.7. The molecular weight excluding hydrogens is 290 g/mol. The lowest BCUT2D eigenvalue weighted by Gasteiger charge is -2.35. The minimum Gasteiger partial charge on any atom is -0.355 e. The van der Waals surface area contributed by atoms with Crippen LogP contribution in [-0.4, -0.2) is 61.6 Å². The van der Waals surface area contributed by atoms with Gasteiger partial charge in [-0.1, -0.05) is 6.92 Å². The van der Waals surface area contributed by atoms with Gasteiger partial charge in [0.2, 0.25) is 5.91 Å². The number of aliphatic imine (C=N–C) groups is 1. The van der Waals surface area contributed by atoms with Crippen LogP contribution in [0.4, 0.5) is 0 Å². The van der Waals surface area contributed by atoms with Gasteiger partial charge < -0.3 is 16.0 Å². The number of amides is 1. The van der Waals surface area contributed by atoms with Gasteiger partial charge in [-0.3, -0.25) is 14.7 Å². The predicted octanol–water partition coefficient (Wildman–Crippen LogP) is 1.19. The number of carbonyl (C=O) groups is 1. The maximum atomic E-state index is 11.8. The van der Waals surface area contributed by atoms with Crippen molar-refractivity contribution in [3.63, 3.8) is 0 Å². The Morgan fingerprint density at radius 3 is 2.39 bits per heavy atom. The number of nitrogens with zero attached hydrogens (tertiary/aromatic N) is 2. The normalized spacial score (nSPS) is 19.3. The molecule has 0 aromatic rings. The van der Waals surface area contributed by atoms with Gasteiger partial charge in [-0.15, -0.1) is 0 Å². The van der Waals surface area contributed by atoms with E-state index in [2.05, 4.69) is 39.7 Å². The summed E-state index contributed by atoms with van der Waals surface area (Å²) in [4.78, 5) is 18.5. The van der Waals surface area contributed by atoms with Crippen molar-refractivity contribution in [2.24, 2.45) is 10.9 Å². The molecule has 134 valence electrons. The third kappa shape index (κ3) is 8.21. The second-order valence-electron chi connectivity index (χ2n) is 7.67. The SMILES string of the molecule is CN=C(NCC(=O)NC(C)(C)C)NCC(C)N1CCC(C)CC1. The van der Waals surface area contributed by atoms with Crippen LogP contribution in [0.15, 0.2) is 4.99 Å². The van der Waals surface area contributed by atoms with Crippen molar-refractivity contribution in [3.05, 3.63) is 0 Å². The minimum atomic E-state index is -0.213. The molecule has 1 saturated heterocycles. The summed E-state index contributed by atoms with van der Waals surface area (Å²) in [6.45, 7) is 13.9. The molecule has 1 fully saturated rings. The molecule has 1 atom stereocenters. The molecule has 0 aromatic carbocycles. The molecule has 0 radical (unpaired) electrons. The third-order valence-electron chi connectivity index (χ3n) is 4.16. The van der Waals surface area contributed by atoms with Gasteiger partial charge in [0.05, 0.1) is 6.54 Å². The highest BCUT2D eigenvalue weighted by Crippen LogP contribution is 2.17. The lowest BCUT2D eigenvalue weighted by molar-refractivity contribution is -0.121. The van der Waals surface area contributed by atoms with Crippen molar-refractivity contribution < 1.29 is 4.79 Å². The highest BCUT2D eigenvalue weighted by molar-refractivity contribution is 5.86. The number of carbonyl (C=O) groups excluding carboxylic acids is 1. The van der Waals surface area contributed by atoms with Crippen molar-refractivity contribution >= 4 is 11.9 Å². The van der Waals surface area contributed by atoms with Crippen molar-refractivity contribution in [2.75, 3.05) is 33.2 Å².